The molecule has 0 unspecified atom stereocenters. The Morgan fingerprint density at radius 2 is 2.14 bits per heavy atom. The van der Waals surface area contributed by atoms with Gasteiger partial charge in [-0.15, -0.1) is 11.3 Å². The van der Waals surface area contributed by atoms with Gasteiger partial charge in [-0.2, -0.15) is 0 Å². The van der Waals surface area contributed by atoms with E-state index in [1.165, 1.54) is 0 Å². The Bertz CT molecular complexity index is 1030. The SMILES string of the molecule is Cc1ncc(CN(C)c2ccc3oc(C)c(C(=O)N[C@@H](CO)C(N)=O)c3c2)s1. The van der Waals surface area contributed by atoms with Crippen LogP contribution in [0.15, 0.2) is 28.8 Å². The van der Waals surface area contributed by atoms with E-state index in [1.54, 1.807) is 24.3 Å². The first-order valence-corrected chi connectivity index (χ1v) is 9.48. The number of aliphatic hydroxyl groups excluding tert-OH is 1. The van der Waals surface area contributed by atoms with Crippen molar-refractivity contribution in [2.24, 2.45) is 5.73 Å². The number of aromatic nitrogens is 1. The van der Waals surface area contributed by atoms with Crippen molar-refractivity contribution < 1.29 is 19.1 Å². The lowest BCUT2D eigenvalue weighted by atomic mass is 10.1. The first-order valence-electron chi connectivity index (χ1n) is 8.66. The second-order valence-electron chi connectivity index (χ2n) is 6.53. The van der Waals surface area contributed by atoms with Gasteiger partial charge in [0.1, 0.15) is 17.4 Å². The number of nitrogens with zero attached hydrogens (tertiary/aromatic N) is 2. The lowest BCUT2D eigenvalue weighted by Crippen LogP contribution is -2.46. The maximum absolute atomic E-state index is 12.7. The van der Waals surface area contributed by atoms with Crippen LogP contribution in [-0.4, -0.2) is 41.6 Å². The average molecular weight is 402 g/mol. The molecule has 3 rings (SSSR count). The number of primary amides is 1. The highest BCUT2D eigenvalue weighted by Gasteiger charge is 2.23. The van der Waals surface area contributed by atoms with Gasteiger partial charge in [-0.1, -0.05) is 0 Å². The Kier molecular flexibility index (Phi) is 5.66. The van der Waals surface area contributed by atoms with Gasteiger partial charge in [0, 0.05) is 29.2 Å². The maximum Gasteiger partial charge on any atom is 0.256 e. The molecule has 0 aliphatic rings. The number of fused-ring (bicyclic) bond motifs is 1. The van der Waals surface area contributed by atoms with E-state index >= 15 is 0 Å². The Morgan fingerprint density at radius 1 is 1.39 bits per heavy atom. The smallest absolute Gasteiger partial charge is 0.256 e. The van der Waals surface area contributed by atoms with Crippen LogP contribution in [0.2, 0.25) is 0 Å². The van der Waals surface area contributed by atoms with E-state index in [1.807, 2.05) is 32.3 Å². The van der Waals surface area contributed by atoms with Crippen molar-refractivity contribution in [1.29, 1.82) is 0 Å². The molecule has 28 heavy (non-hydrogen) atoms. The highest BCUT2D eigenvalue weighted by molar-refractivity contribution is 7.11. The molecule has 2 aromatic heterocycles. The highest BCUT2D eigenvalue weighted by atomic mass is 32.1. The number of rotatable bonds is 7. The van der Waals surface area contributed by atoms with Crippen molar-refractivity contribution in [3.8, 4) is 0 Å². The van der Waals surface area contributed by atoms with Crippen LogP contribution in [0.4, 0.5) is 5.69 Å². The highest BCUT2D eigenvalue weighted by Crippen LogP contribution is 2.30. The van der Waals surface area contributed by atoms with Crippen LogP contribution in [0.1, 0.15) is 26.0 Å². The van der Waals surface area contributed by atoms with Gasteiger partial charge >= 0.3 is 0 Å². The molecule has 0 radical (unpaired) electrons. The van der Waals surface area contributed by atoms with Crippen molar-refractivity contribution in [3.63, 3.8) is 0 Å². The summed E-state index contributed by atoms with van der Waals surface area (Å²) in [4.78, 5) is 31.4. The normalized spacial score (nSPS) is 12.1. The lowest BCUT2D eigenvalue weighted by molar-refractivity contribution is -0.120. The zero-order valence-electron chi connectivity index (χ0n) is 15.9. The summed E-state index contributed by atoms with van der Waals surface area (Å²) in [6.07, 6.45) is 1.86. The van der Waals surface area contributed by atoms with Crippen molar-refractivity contribution in [2.45, 2.75) is 26.4 Å². The first kappa shape index (κ1) is 19.8. The van der Waals surface area contributed by atoms with Crippen LogP contribution in [-0.2, 0) is 11.3 Å². The molecule has 0 saturated carbocycles. The van der Waals surface area contributed by atoms with Crippen LogP contribution in [0.3, 0.4) is 0 Å². The Hall–Kier alpha value is -2.91. The van der Waals surface area contributed by atoms with Gasteiger partial charge in [0.2, 0.25) is 5.91 Å². The molecule has 0 spiro atoms. The third kappa shape index (κ3) is 4.00. The summed E-state index contributed by atoms with van der Waals surface area (Å²) in [7, 11) is 1.96. The summed E-state index contributed by atoms with van der Waals surface area (Å²) in [5, 5.41) is 13.3. The summed E-state index contributed by atoms with van der Waals surface area (Å²) in [6.45, 7) is 3.75. The molecule has 0 aliphatic carbocycles. The fourth-order valence-electron chi connectivity index (χ4n) is 2.97. The summed E-state index contributed by atoms with van der Waals surface area (Å²) < 4.78 is 5.69. The number of hydrogen-bond acceptors (Lipinski definition) is 7. The number of nitrogens with two attached hydrogens (primary N) is 1. The van der Waals surface area contributed by atoms with E-state index in [4.69, 9.17) is 10.2 Å². The second kappa shape index (κ2) is 7.99. The molecule has 148 valence electrons. The molecule has 4 N–H and O–H groups in total. The summed E-state index contributed by atoms with van der Waals surface area (Å²) >= 11 is 1.64. The second-order valence-corrected chi connectivity index (χ2v) is 7.85. The number of benzene rings is 1. The minimum absolute atomic E-state index is 0.318. The van der Waals surface area contributed by atoms with Crippen LogP contribution in [0.25, 0.3) is 11.0 Å². The predicted octanol–water partition coefficient (Wildman–Crippen LogP) is 1.72. The number of amides is 2. The van der Waals surface area contributed by atoms with E-state index in [9.17, 15) is 14.7 Å². The average Bonchev–Trinajstić information content (AvgIpc) is 3.20. The molecular formula is C19H22N4O4S. The fraction of sp³-hybridized carbons (Fsp3) is 0.316. The number of nitrogens with one attached hydrogen (secondary N) is 1. The van der Waals surface area contributed by atoms with Gasteiger partial charge in [-0.3, -0.25) is 9.59 Å². The summed E-state index contributed by atoms with van der Waals surface area (Å²) in [6, 6.07) is 4.44. The number of aliphatic hydroxyl groups is 1. The van der Waals surface area contributed by atoms with Crippen molar-refractivity contribution in [1.82, 2.24) is 10.3 Å². The molecule has 0 bridgehead atoms. The van der Waals surface area contributed by atoms with Gasteiger partial charge in [-0.25, -0.2) is 4.98 Å². The van der Waals surface area contributed by atoms with Gasteiger partial charge in [0.05, 0.1) is 23.7 Å². The molecule has 0 fully saturated rings. The minimum atomic E-state index is -1.16. The van der Waals surface area contributed by atoms with E-state index in [0.717, 1.165) is 15.6 Å². The van der Waals surface area contributed by atoms with Crippen molar-refractivity contribution in [2.75, 3.05) is 18.6 Å². The first-order chi connectivity index (χ1) is 13.3. The molecule has 1 atom stereocenters. The Balaban J connectivity index is 1.91. The van der Waals surface area contributed by atoms with Gasteiger partial charge in [-0.05, 0) is 32.0 Å². The Labute approximate surface area is 166 Å². The van der Waals surface area contributed by atoms with E-state index in [2.05, 4.69) is 15.2 Å². The molecule has 8 nitrogen and oxygen atoms in total. The summed E-state index contributed by atoms with van der Waals surface area (Å²) in [5.41, 5.74) is 6.98. The third-order valence-electron chi connectivity index (χ3n) is 4.41. The maximum atomic E-state index is 12.7. The fourth-order valence-corrected chi connectivity index (χ4v) is 3.82. The number of anilines is 1. The standard InChI is InChI=1S/C19H22N4O4S/c1-10-17(19(26)22-15(9-24)18(20)25)14-6-12(4-5-16(14)27-10)23(3)8-13-7-21-11(2)28-13/h4-7,15,24H,8-9H2,1-3H3,(H2,20,25)(H,22,26)/t15-/m0/s1. The number of thiazole rings is 1. The number of aryl methyl sites for hydroxylation is 2. The third-order valence-corrected chi connectivity index (χ3v) is 5.31. The molecule has 2 amide bonds. The molecule has 0 aliphatic heterocycles. The number of hydrogen-bond donors (Lipinski definition) is 3. The summed E-state index contributed by atoms with van der Waals surface area (Å²) in [5.74, 6) is -0.903. The molecular weight excluding hydrogens is 380 g/mol. The van der Waals surface area contributed by atoms with Crippen molar-refractivity contribution >= 4 is 39.8 Å². The zero-order chi connectivity index (χ0) is 20.4. The number of carbonyl (C=O) groups is 2. The zero-order valence-corrected chi connectivity index (χ0v) is 16.7. The van der Waals surface area contributed by atoms with Crippen LogP contribution >= 0.6 is 11.3 Å². The van der Waals surface area contributed by atoms with Gasteiger partial charge in [0.15, 0.2) is 0 Å². The molecule has 2 heterocycles. The molecule has 3 aromatic rings. The predicted molar refractivity (Wildman–Crippen MR) is 107 cm³/mol. The molecule has 9 heteroatoms. The molecule has 0 saturated heterocycles. The quantitative estimate of drug-likeness (QED) is 0.553. The van der Waals surface area contributed by atoms with E-state index in [-0.39, 0.29) is 0 Å². The monoisotopic (exact) mass is 402 g/mol. The Morgan fingerprint density at radius 3 is 2.75 bits per heavy atom. The van der Waals surface area contributed by atoms with Crippen LogP contribution < -0.4 is 16.0 Å². The van der Waals surface area contributed by atoms with Gasteiger partial charge < -0.3 is 25.5 Å². The topological polar surface area (TPSA) is 122 Å². The number of carbonyl (C=O) groups excluding carboxylic acids is 2. The molecule has 1 aromatic carbocycles. The largest absolute Gasteiger partial charge is 0.461 e. The van der Waals surface area contributed by atoms with E-state index in [0.29, 0.717) is 28.8 Å². The van der Waals surface area contributed by atoms with Crippen molar-refractivity contribution in [3.05, 3.63) is 45.6 Å². The minimum Gasteiger partial charge on any atom is -0.461 e. The number of furan rings is 1. The van der Waals surface area contributed by atoms with Gasteiger partial charge in [0.25, 0.3) is 5.91 Å². The van der Waals surface area contributed by atoms with Crippen LogP contribution in [0, 0.1) is 13.8 Å². The van der Waals surface area contributed by atoms with Crippen LogP contribution in [0.5, 0.6) is 0 Å². The lowest BCUT2D eigenvalue weighted by Gasteiger charge is -2.18. The van der Waals surface area contributed by atoms with E-state index < -0.39 is 24.5 Å².